The molecule has 1 unspecified atom stereocenters. The molecule has 0 aliphatic rings. The number of guanidine groups is 1. The molecule has 0 aromatic carbocycles. The van der Waals surface area contributed by atoms with Crippen LogP contribution >= 0.6 is 7.60 Å². The minimum Gasteiger partial charge on any atom is -0.778 e. The molecule has 0 radical (unpaired) electrons. The van der Waals surface area contributed by atoms with Crippen LogP contribution in [0.2, 0.25) is 0 Å². The van der Waals surface area contributed by atoms with E-state index in [2.05, 4.69) is 4.99 Å². The van der Waals surface area contributed by atoms with Crippen molar-refractivity contribution in [3.63, 3.8) is 0 Å². The third-order valence-electron chi connectivity index (χ3n) is 1.93. The van der Waals surface area contributed by atoms with E-state index < -0.39 is 38.4 Å². The van der Waals surface area contributed by atoms with Gasteiger partial charge in [0.2, 0.25) is 0 Å². The Balaban J connectivity index is 0. The fraction of sp³-hybridized carbons (Fsp3) is 0.667. The maximum atomic E-state index is 10.2. The second-order valence-corrected chi connectivity index (χ2v) is 5.68. The molecule has 0 rings (SSSR count). The number of nitrogens with one attached hydrogen (secondary N) is 2. The number of carbonyl (C=O) groups is 2. The monoisotopic (exact) mass is 343 g/mol. The Kier molecular flexibility index (Phi) is 12.2. The lowest BCUT2D eigenvalue weighted by molar-refractivity contribution is -0.459. The Labute approximate surface area is 126 Å². The number of aliphatic carboxylic acids is 2. The molecule has 0 aromatic heterocycles. The number of hydrogen-bond donors (Lipinski definition) is 8. The van der Waals surface area contributed by atoms with E-state index in [1.165, 1.54) is 0 Å². The summed E-state index contributed by atoms with van der Waals surface area (Å²) in [5, 5.41) is 18.4. The molecule has 0 heterocycles. The topological polar surface area (TPSA) is 239 Å². The second-order valence-electron chi connectivity index (χ2n) is 4.09. The molecular formula is C9H22N5O7P. The van der Waals surface area contributed by atoms with Crippen molar-refractivity contribution in [2.24, 2.45) is 17.2 Å². The molecule has 130 valence electrons. The highest BCUT2D eigenvalue weighted by molar-refractivity contribution is 7.50. The Hall–Kier alpha value is -1.72. The predicted octanol–water partition coefficient (Wildman–Crippen LogP) is -5.30. The normalized spacial score (nSPS) is 14.0. The van der Waals surface area contributed by atoms with E-state index in [9.17, 15) is 19.0 Å². The molecule has 0 saturated heterocycles. The minimum absolute atomic E-state index is 0.138. The van der Waals surface area contributed by atoms with Gasteiger partial charge in [0.15, 0.2) is 0 Å². The van der Waals surface area contributed by atoms with Gasteiger partial charge in [0.05, 0.1) is 19.4 Å². The van der Waals surface area contributed by atoms with E-state index in [1.54, 1.807) is 0 Å². The van der Waals surface area contributed by atoms with Crippen LogP contribution in [0.5, 0.6) is 0 Å². The van der Waals surface area contributed by atoms with E-state index in [4.69, 9.17) is 32.3 Å². The average Bonchev–Trinajstić information content (AvgIpc) is 2.32. The fourth-order valence-electron chi connectivity index (χ4n) is 0.982. The number of nitrogens with two attached hydrogens (primary N) is 3. The minimum atomic E-state index is -4.35. The van der Waals surface area contributed by atoms with Crippen LogP contribution in [0.15, 0.2) is 0 Å². The summed E-state index contributed by atoms with van der Waals surface area (Å²) in [5.41, 5.74) is 15.4. The molecule has 12 nitrogen and oxygen atoms in total. The van der Waals surface area contributed by atoms with Crippen LogP contribution in [0.1, 0.15) is 12.8 Å². The van der Waals surface area contributed by atoms with Gasteiger partial charge in [-0.15, -0.1) is 0 Å². The number of rotatable bonds is 9. The lowest BCUT2D eigenvalue weighted by atomic mass is 10.2. The standard InChI is InChI=1S/C6H14N4O2.C3H8NO5P/c7-4(5(11)12)2-1-3-10-6(8)9;5-3(6)1-4-2-10(7,8)9/h4H,1-3,7H2,(H,11,12)(H4,8,9,10);4H,1-2H2,(H,5,6)(H2,7,8,9)/t4-;/m0./s1. The summed E-state index contributed by atoms with van der Waals surface area (Å²) in [5.74, 6) is -2.02. The SMILES string of the molecule is NC(N)=[NH+]CCC[C@H](N)C(=O)O.O=C(O)CNCP(=O)([O-])O. The maximum Gasteiger partial charge on any atom is 0.338 e. The van der Waals surface area contributed by atoms with Gasteiger partial charge in [-0.3, -0.25) is 31.4 Å². The van der Waals surface area contributed by atoms with Crippen molar-refractivity contribution >= 4 is 25.5 Å². The van der Waals surface area contributed by atoms with Crippen LogP contribution in [0, 0.1) is 0 Å². The molecule has 22 heavy (non-hydrogen) atoms. The fourth-order valence-corrected chi connectivity index (χ4v) is 1.38. The molecule has 0 amide bonds. The highest BCUT2D eigenvalue weighted by Gasteiger charge is 2.09. The Bertz CT molecular complexity index is 421. The van der Waals surface area contributed by atoms with Gasteiger partial charge in [0.1, 0.15) is 13.6 Å². The zero-order valence-corrected chi connectivity index (χ0v) is 12.7. The van der Waals surface area contributed by atoms with Crippen LogP contribution in [0.25, 0.3) is 0 Å². The molecule has 0 aliphatic carbocycles. The van der Waals surface area contributed by atoms with Crippen molar-refractivity contribution < 1.29 is 39.1 Å². The van der Waals surface area contributed by atoms with Crippen molar-refractivity contribution in [2.75, 3.05) is 19.4 Å². The molecular weight excluding hydrogens is 321 g/mol. The zero-order valence-electron chi connectivity index (χ0n) is 11.8. The van der Waals surface area contributed by atoms with Crippen LogP contribution < -0.4 is 32.4 Å². The van der Waals surface area contributed by atoms with Crippen molar-refractivity contribution in [3.05, 3.63) is 0 Å². The van der Waals surface area contributed by atoms with Gasteiger partial charge >= 0.3 is 17.9 Å². The Morgan fingerprint density at radius 1 is 1.32 bits per heavy atom. The lowest BCUT2D eigenvalue weighted by Gasteiger charge is -2.14. The predicted molar refractivity (Wildman–Crippen MR) is 74.4 cm³/mol. The second kappa shape index (κ2) is 11.9. The van der Waals surface area contributed by atoms with E-state index in [1.807, 2.05) is 5.32 Å². The van der Waals surface area contributed by atoms with E-state index in [-0.39, 0.29) is 5.96 Å². The summed E-state index contributed by atoms with van der Waals surface area (Å²) in [6.07, 6.45) is 0.334. The van der Waals surface area contributed by atoms with Gasteiger partial charge in [0, 0.05) is 0 Å². The largest absolute Gasteiger partial charge is 0.778 e. The average molecular weight is 343 g/mol. The van der Waals surface area contributed by atoms with Crippen LogP contribution in [-0.2, 0) is 14.2 Å². The van der Waals surface area contributed by atoms with Crippen molar-refractivity contribution in [1.82, 2.24) is 5.32 Å². The van der Waals surface area contributed by atoms with Gasteiger partial charge < -0.3 is 30.3 Å². The van der Waals surface area contributed by atoms with Gasteiger partial charge in [-0.1, -0.05) is 0 Å². The third kappa shape index (κ3) is 20.6. The van der Waals surface area contributed by atoms with E-state index in [0.29, 0.717) is 19.4 Å². The van der Waals surface area contributed by atoms with Gasteiger partial charge in [0.25, 0.3) is 0 Å². The van der Waals surface area contributed by atoms with Gasteiger partial charge in [-0.2, -0.15) is 0 Å². The quantitative estimate of drug-likeness (QED) is 0.0850. The molecule has 0 spiro atoms. The van der Waals surface area contributed by atoms with Crippen molar-refractivity contribution in [3.8, 4) is 0 Å². The Morgan fingerprint density at radius 3 is 2.23 bits per heavy atom. The summed E-state index contributed by atoms with van der Waals surface area (Å²) in [4.78, 5) is 40.7. The smallest absolute Gasteiger partial charge is 0.338 e. The molecule has 11 N–H and O–H groups in total. The van der Waals surface area contributed by atoms with Crippen LogP contribution in [0.3, 0.4) is 0 Å². The van der Waals surface area contributed by atoms with Crippen LogP contribution in [0.4, 0.5) is 0 Å². The molecule has 13 heteroatoms. The van der Waals surface area contributed by atoms with E-state index >= 15 is 0 Å². The lowest BCUT2D eigenvalue weighted by Crippen LogP contribution is -2.78. The highest BCUT2D eigenvalue weighted by atomic mass is 31.2. The molecule has 0 fully saturated rings. The first-order valence-electron chi connectivity index (χ1n) is 6.01. The zero-order chi connectivity index (χ0) is 17.8. The van der Waals surface area contributed by atoms with Crippen molar-refractivity contribution in [1.29, 1.82) is 0 Å². The third-order valence-corrected chi connectivity index (χ3v) is 2.55. The molecule has 0 saturated carbocycles. The Morgan fingerprint density at radius 2 is 1.86 bits per heavy atom. The number of hydrogen-bond acceptors (Lipinski definition) is 6. The number of carboxylic acid groups (broad SMARTS) is 2. The summed E-state index contributed by atoms with van der Waals surface area (Å²) >= 11 is 0. The molecule has 0 aromatic rings. The maximum absolute atomic E-state index is 10.2. The van der Waals surface area contributed by atoms with Gasteiger partial charge in [-0.05, 0) is 12.8 Å². The van der Waals surface area contributed by atoms with E-state index in [0.717, 1.165) is 0 Å². The first-order chi connectivity index (χ1) is 9.95. The highest BCUT2D eigenvalue weighted by Crippen LogP contribution is 2.25. The van der Waals surface area contributed by atoms with Crippen LogP contribution in [-0.4, -0.2) is 58.4 Å². The summed E-state index contributed by atoms with van der Waals surface area (Å²) < 4.78 is 9.94. The molecule has 0 aliphatic heterocycles. The number of carboxylic acids is 2. The summed E-state index contributed by atoms with van der Waals surface area (Å²) in [6, 6.07) is -0.800. The first kappa shape index (κ1) is 22.6. The molecule has 2 atom stereocenters. The van der Waals surface area contributed by atoms with Gasteiger partial charge in [-0.25, -0.2) is 0 Å². The first-order valence-corrected chi connectivity index (χ1v) is 7.77. The van der Waals surface area contributed by atoms with Crippen molar-refractivity contribution in [2.45, 2.75) is 18.9 Å². The molecule has 0 bridgehead atoms. The summed E-state index contributed by atoms with van der Waals surface area (Å²) in [7, 11) is -4.35. The summed E-state index contributed by atoms with van der Waals surface area (Å²) in [6.45, 7) is 0.0656.